The van der Waals surface area contributed by atoms with Gasteiger partial charge >= 0.3 is 0 Å². The number of allylic oxidation sites excluding steroid dienone is 4. The molecule has 0 saturated heterocycles. The molecule has 9 heteroatoms. The minimum atomic E-state index is -0.621. The number of ether oxygens (including phenoxy) is 1. The van der Waals surface area contributed by atoms with Crippen LogP contribution in [0.15, 0.2) is 40.3 Å². The fourth-order valence-electron chi connectivity index (χ4n) is 10.7. The summed E-state index contributed by atoms with van der Waals surface area (Å²) in [5.74, 6) is 1.03. The van der Waals surface area contributed by atoms with Gasteiger partial charge in [-0.2, -0.15) is 0 Å². The van der Waals surface area contributed by atoms with Gasteiger partial charge in [0.2, 0.25) is 0 Å². The lowest BCUT2D eigenvalue weighted by Crippen LogP contribution is -2.58. The van der Waals surface area contributed by atoms with Crippen LogP contribution >= 0.6 is 92.8 Å². The molecule has 0 bridgehead atoms. The van der Waals surface area contributed by atoms with Gasteiger partial charge in [0.05, 0.1) is 30.2 Å². The summed E-state index contributed by atoms with van der Waals surface area (Å²) < 4.78 is 7.68. The Morgan fingerprint density at radius 3 is 0.844 bits per heavy atom. The van der Waals surface area contributed by atoms with Crippen LogP contribution in [0.2, 0.25) is 0 Å². The van der Waals surface area contributed by atoms with Gasteiger partial charge in [0.1, 0.15) is 12.2 Å². The Balaban J connectivity index is 1.56. The molecule has 0 aromatic rings. The molecule has 6 aliphatic carbocycles. The van der Waals surface area contributed by atoms with Crippen LogP contribution in [0.4, 0.5) is 0 Å². The smallest absolute Gasteiger partial charge is 0.107 e. The average Bonchev–Trinajstić information content (AvgIpc) is 3.09. The molecule has 0 spiro atoms. The second-order valence-corrected chi connectivity index (χ2v) is 17.8. The zero-order chi connectivity index (χ0) is 31.9. The summed E-state index contributed by atoms with van der Waals surface area (Å²) in [4.78, 5) is 0. The average molecular weight is 778 g/mol. The van der Waals surface area contributed by atoms with E-state index >= 15 is 0 Å². The second-order valence-electron chi connectivity index (χ2n) is 14.7. The lowest BCUT2D eigenvalue weighted by Gasteiger charge is -2.59. The normalized spacial score (nSPS) is 31.7. The lowest BCUT2D eigenvalue weighted by atomic mass is 9.53. The molecule has 4 saturated carbocycles. The molecule has 1 nitrogen and oxygen atoms in total. The van der Waals surface area contributed by atoms with Crippen molar-refractivity contribution in [3.63, 3.8) is 0 Å². The maximum atomic E-state index is 7.68. The van der Waals surface area contributed by atoms with Gasteiger partial charge in [-0.15, -0.1) is 0 Å². The van der Waals surface area contributed by atoms with Crippen LogP contribution in [0, 0.1) is 34.5 Å². The molecule has 4 fully saturated rings. The van der Waals surface area contributed by atoms with Gasteiger partial charge in [-0.3, -0.25) is 0 Å². The van der Waals surface area contributed by atoms with E-state index in [4.69, 9.17) is 97.5 Å². The third-order valence-corrected chi connectivity index (χ3v) is 16.6. The Kier molecular flexibility index (Phi) is 12.2. The fraction of sp³-hybridized carbons (Fsp3) is 0.778. The van der Waals surface area contributed by atoms with Crippen molar-refractivity contribution in [3.8, 4) is 0 Å². The molecular weight excluding hydrogens is 732 g/mol. The summed E-state index contributed by atoms with van der Waals surface area (Å²) in [6, 6.07) is 0. The Hall–Kier alpha value is 1.24. The molecule has 0 aromatic heterocycles. The topological polar surface area (TPSA) is 9.23 Å². The highest BCUT2D eigenvalue weighted by atomic mass is 35.5. The zero-order valence-electron chi connectivity index (χ0n) is 26.0. The molecule has 0 aliphatic heterocycles. The third kappa shape index (κ3) is 6.15. The van der Waals surface area contributed by atoms with Gasteiger partial charge in [0, 0.05) is 20.9 Å². The van der Waals surface area contributed by atoms with Crippen LogP contribution in [0.1, 0.15) is 128 Å². The van der Waals surface area contributed by atoms with E-state index in [0.717, 1.165) is 103 Å². The monoisotopic (exact) mass is 774 g/mol. The van der Waals surface area contributed by atoms with Crippen molar-refractivity contribution in [2.24, 2.45) is 34.5 Å². The molecular formula is C36H46Cl8O. The van der Waals surface area contributed by atoms with Crippen molar-refractivity contribution in [2.45, 2.75) is 141 Å². The molecule has 6 aliphatic rings. The van der Waals surface area contributed by atoms with Crippen LogP contribution in [0.3, 0.4) is 0 Å². The molecule has 0 N–H and O–H groups in total. The van der Waals surface area contributed by atoms with E-state index in [0.29, 0.717) is 30.2 Å². The lowest BCUT2D eigenvalue weighted by molar-refractivity contribution is -0.145. The van der Waals surface area contributed by atoms with E-state index in [1.54, 1.807) is 0 Å². The first-order chi connectivity index (χ1) is 21.7. The molecule has 0 heterocycles. The van der Waals surface area contributed by atoms with Crippen molar-refractivity contribution in [3.05, 3.63) is 40.3 Å². The molecule has 0 radical (unpaired) electrons. The molecule has 6 rings (SSSR count). The first-order valence-corrected chi connectivity index (χ1v) is 20.6. The van der Waals surface area contributed by atoms with Crippen LogP contribution in [0.5, 0.6) is 0 Å². The highest BCUT2D eigenvalue weighted by Crippen LogP contribution is 2.67. The summed E-state index contributed by atoms with van der Waals surface area (Å²) in [6.45, 7) is 0. The summed E-state index contributed by atoms with van der Waals surface area (Å²) in [7, 11) is 0. The van der Waals surface area contributed by atoms with Crippen molar-refractivity contribution >= 4 is 92.8 Å². The van der Waals surface area contributed by atoms with E-state index in [1.807, 2.05) is 0 Å². The van der Waals surface area contributed by atoms with Gasteiger partial charge < -0.3 is 4.74 Å². The van der Waals surface area contributed by atoms with E-state index in [1.165, 1.54) is 25.7 Å². The van der Waals surface area contributed by atoms with E-state index < -0.39 is 23.0 Å². The molecule has 252 valence electrons. The second kappa shape index (κ2) is 15.2. The van der Waals surface area contributed by atoms with Crippen molar-refractivity contribution in [1.82, 2.24) is 0 Å². The van der Waals surface area contributed by atoms with E-state index in [-0.39, 0.29) is 33.7 Å². The third-order valence-electron chi connectivity index (χ3n) is 12.7. The predicted octanol–water partition coefficient (Wildman–Crippen LogP) is 14.8. The van der Waals surface area contributed by atoms with Gasteiger partial charge in [-0.25, -0.2) is 0 Å². The Morgan fingerprint density at radius 2 is 0.600 bits per heavy atom. The molecule has 45 heavy (non-hydrogen) atoms. The number of halogens is 8. The molecule has 2 unspecified atom stereocenters. The first-order valence-electron chi connectivity index (χ1n) is 17.6. The Bertz CT molecular complexity index is 1100. The summed E-state index contributed by atoms with van der Waals surface area (Å²) in [5.41, 5.74) is -1.22. The maximum absolute atomic E-state index is 7.68. The van der Waals surface area contributed by atoms with Gasteiger partial charge in [0.25, 0.3) is 0 Å². The molecule has 0 aromatic carbocycles. The summed E-state index contributed by atoms with van der Waals surface area (Å²) in [6.07, 6.45) is 21.3. The van der Waals surface area contributed by atoms with Crippen LogP contribution < -0.4 is 0 Å². The number of hydrogen-bond acceptors (Lipinski definition) is 1. The van der Waals surface area contributed by atoms with Crippen molar-refractivity contribution < 1.29 is 4.74 Å². The maximum Gasteiger partial charge on any atom is 0.107 e. The van der Waals surface area contributed by atoms with E-state index in [2.05, 4.69) is 0 Å². The summed E-state index contributed by atoms with van der Waals surface area (Å²) >= 11 is 58.1. The fourth-order valence-corrected chi connectivity index (χ4v) is 13.5. The highest BCUT2D eigenvalue weighted by Gasteiger charge is 2.63. The standard InChI is InChI=1S/C36H46Cl8O/c37-25-27(39)31(43)35(21-13-5-1-6-14-21,22-15-7-2-8-16-22)33(29(25)41)45-34-30(42)26(38)28(40)32(44)36(34,23-17-9-3-10-18-23)24-19-11-4-12-20-24/h21-24,33-34H,1-20H2. The van der Waals surface area contributed by atoms with Crippen LogP contribution in [-0.2, 0) is 4.74 Å². The number of hydrogen-bond donors (Lipinski definition) is 0. The largest absolute Gasteiger partial charge is 0.362 e. The van der Waals surface area contributed by atoms with Crippen LogP contribution in [0.25, 0.3) is 0 Å². The quantitative estimate of drug-likeness (QED) is 0.261. The number of rotatable bonds is 6. The SMILES string of the molecule is ClC1=C(Cl)C(OC2C(Cl)=C(Cl)C(Cl)=C(Cl)C2(C2CCCCC2)C2CCCCC2)C(C2CCCCC2)(C2CCCCC2)C(Cl)=C1Cl. The van der Waals surface area contributed by atoms with Gasteiger partial charge in [0.15, 0.2) is 0 Å². The van der Waals surface area contributed by atoms with E-state index in [9.17, 15) is 0 Å². The minimum absolute atomic E-state index is 0.259. The van der Waals surface area contributed by atoms with Gasteiger partial charge in [-0.05, 0) is 75.0 Å². The van der Waals surface area contributed by atoms with Crippen LogP contribution in [-0.4, -0.2) is 12.2 Å². The minimum Gasteiger partial charge on any atom is -0.362 e. The first kappa shape index (κ1) is 36.0. The molecule has 2 atom stereocenters. The predicted molar refractivity (Wildman–Crippen MR) is 195 cm³/mol. The van der Waals surface area contributed by atoms with Crippen molar-refractivity contribution in [2.75, 3.05) is 0 Å². The van der Waals surface area contributed by atoms with Crippen molar-refractivity contribution in [1.29, 1.82) is 0 Å². The highest BCUT2D eigenvalue weighted by molar-refractivity contribution is 6.52. The molecule has 0 amide bonds. The summed E-state index contributed by atoms with van der Waals surface area (Å²) in [5, 5.41) is 3.39. The zero-order valence-corrected chi connectivity index (χ0v) is 32.1. The Morgan fingerprint density at radius 1 is 0.356 bits per heavy atom. The van der Waals surface area contributed by atoms with Gasteiger partial charge in [-0.1, -0.05) is 170 Å². The Labute approximate surface area is 310 Å².